The minimum atomic E-state index is 0.262. The fraction of sp³-hybridized carbons (Fsp3) is 0.455. The van der Waals surface area contributed by atoms with E-state index >= 15 is 0 Å². The van der Waals surface area contributed by atoms with Crippen LogP contribution in [0.4, 0.5) is 0 Å². The Morgan fingerprint density at radius 2 is 2.56 bits per heavy atom. The van der Waals surface area contributed by atoms with Gasteiger partial charge in [0.25, 0.3) is 0 Å². The van der Waals surface area contributed by atoms with Crippen molar-refractivity contribution < 1.29 is 9.47 Å². The molecule has 0 saturated carbocycles. The molecule has 0 radical (unpaired) electrons. The molecular formula is C11H14N2O2S. The smallest absolute Gasteiger partial charge is 0.147 e. The van der Waals surface area contributed by atoms with Crippen molar-refractivity contribution in [2.24, 2.45) is 11.7 Å². The van der Waals surface area contributed by atoms with Gasteiger partial charge in [0, 0.05) is 18.7 Å². The Hall–Kier alpha value is -1.20. The van der Waals surface area contributed by atoms with Crippen LogP contribution in [0, 0.1) is 5.92 Å². The first-order chi connectivity index (χ1) is 7.77. The molecule has 0 spiro atoms. The third kappa shape index (κ3) is 2.68. The average molecular weight is 238 g/mol. The largest absolute Gasteiger partial charge is 0.491 e. The SMILES string of the molecule is NC(=S)c1ncccc1OCC1CCOC1. The molecule has 2 N–H and O–H groups in total. The number of nitrogens with two attached hydrogens (primary N) is 1. The summed E-state index contributed by atoms with van der Waals surface area (Å²) in [6.45, 7) is 2.22. The van der Waals surface area contributed by atoms with Gasteiger partial charge >= 0.3 is 0 Å². The molecule has 2 rings (SSSR count). The Bertz CT molecular complexity index is 378. The van der Waals surface area contributed by atoms with E-state index < -0.39 is 0 Å². The molecule has 1 aliphatic rings. The van der Waals surface area contributed by atoms with Crippen LogP contribution < -0.4 is 10.5 Å². The number of hydrogen-bond acceptors (Lipinski definition) is 4. The zero-order chi connectivity index (χ0) is 11.4. The van der Waals surface area contributed by atoms with Crippen LogP contribution in [0.25, 0.3) is 0 Å². The van der Waals surface area contributed by atoms with E-state index in [2.05, 4.69) is 4.98 Å². The summed E-state index contributed by atoms with van der Waals surface area (Å²) in [5.41, 5.74) is 6.11. The van der Waals surface area contributed by atoms with Crippen molar-refractivity contribution in [3.05, 3.63) is 24.0 Å². The molecular weight excluding hydrogens is 224 g/mol. The van der Waals surface area contributed by atoms with Gasteiger partial charge < -0.3 is 15.2 Å². The number of pyridine rings is 1. The van der Waals surface area contributed by atoms with Crippen LogP contribution >= 0.6 is 12.2 Å². The van der Waals surface area contributed by atoms with Crippen molar-refractivity contribution in [3.8, 4) is 5.75 Å². The standard InChI is InChI=1S/C11H14N2O2S/c12-11(16)10-9(2-1-4-13-10)15-7-8-3-5-14-6-8/h1-2,4,8H,3,5-7H2,(H2,12,16). The quantitative estimate of drug-likeness (QED) is 0.797. The molecule has 16 heavy (non-hydrogen) atoms. The highest BCUT2D eigenvalue weighted by Gasteiger charge is 2.17. The number of ether oxygens (including phenoxy) is 2. The highest BCUT2D eigenvalue weighted by Crippen LogP contribution is 2.18. The molecule has 0 aliphatic carbocycles. The normalized spacial score (nSPS) is 19.6. The summed E-state index contributed by atoms with van der Waals surface area (Å²) in [5, 5.41) is 0. The van der Waals surface area contributed by atoms with Crippen molar-refractivity contribution in [3.63, 3.8) is 0 Å². The molecule has 1 aromatic heterocycles. The first-order valence-corrected chi connectivity index (χ1v) is 5.63. The summed E-state index contributed by atoms with van der Waals surface area (Å²) < 4.78 is 10.9. The molecule has 2 heterocycles. The zero-order valence-corrected chi connectivity index (χ0v) is 9.70. The maximum absolute atomic E-state index is 5.67. The average Bonchev–Trinajstić information content (AvgIpc) is 2.79. The fourth-order valence-electron chi connectivity index (χ4n) is 1.61. The monoisotopic (exact) mass is 238 g/mol. The van der Waals surface area contributed by atoms with E-state index in [1.54, 1.807) is 6.20 Å². The minimum absolute atomic E-state index is 0.262. The molecule has 1 atom stereocenters. The van der Waals surface area contributed by atoms with Gasteiger partial charge in [-0.05, 0) is 18.6 Å². The maximum Gasteiger partial charge on any atom is 0.147 e. The first kappa shape index (κ1) is 11.3. The van der Waals surface area contributed by atoms with E-state index in [-0.39, 0.29) is 4.99 Å². The highest BCUT2D eigenvalue weighted by molar-refractivity contribution is 7.80. The summed E-state index contributed by atoms with van der Waals surface area (Å²) in [6, 6.07) is 3.64. The molecule has 0 bridgehead atoms. The van der Waals surface area contributed by atoms with E-state index in [1.807, 2.05) is 12.1 Å². The van der Waals surface area contributed by atoms with E-state index in [0.717, 1.165) is 19.6 Å². The van der Waals surface area contributed by atoms with Crippen LogP contribution in [0.3, 0.4) is 0 Å². The minimum Gasteiger partial charge on any atom is -0.491 e. The lowest BCUT2D eigenvalue weighted by molar-refractivity contribution is 0.167. The van der Waals surface area contributed by atoms with E-state index in [0.29, 0.717) is 24.0 Å². The summed E-state index contributed by atoms with van der Waals surface area (Å²) in [5.74, 6) is 1.11. The fourth-order valence-corrected chi connectivity index (χ4v) is 1.77. The lowest BCUT2D eigenvalue weighted by atomic mass is 10.1. The van der Waals surface area contributed by atoms with Gasteiger partial charge in [0.05, 0.1) is 13.2 Å². The van der Waals surface area contributed by atoms with E-state index in [4.69, 9.17) is 27.4 Å². The number of aromatic nitrogens is 1. The van der Waals surface area contributed by atoms with Crippen LogP contribution in [0.1, 0.15) is 12.1 Å². The van der Waals surface area contributed by atoms with Gasteiger partial charge in [0.15, 0.2) is 0 Å². The van der Waals surface area contributed by atoms with Gasteiger partial charge in [-0.2, -0.15) is 0 Å². The number of nitrogens with zero attached hydrogens (tertiary/aromatic N) is 1. The van der Waals surface area contributed by atoms with Crippen molar-refractivity contribution in [2.75, 3.05) is 19.8 Å². The van der Waals surface area contributed by atoms with Crippen LogP contribution in [0.5, 0.6) is 5.75 Å². The first-order valence-electron chi connectivity index (χ1n) is 5.22. The molecule has 1 unspecified atom stereocenters. The lowest BCUT2D eigenvalue weighted by Gasteiger charge is -2.12. The third-order valence-corrected chi connectivity index (χ3v) is 2.70. The maximum atomic E-state index is 5.67. The molecule has 86 valence electrons. The second-order valence-corrected chi connectivity index (χ2v) is 4.19. The van der Waals surface area contributed by atoms with Gasteiger partial charge in [-0.25, -0.2) is 4.98 Å². The Balaban J connectivity index is 2.00. The Labute approximate surface area is 99.8 Å². The van der Waals surface area contributed by atoms with Gasteiger partial charge in [-0.1, -0.05) is 12.2 Å². The Morgan fingerprint density at radius 3 is 3.25 bits per heavy atom. The van der Waals surface area contributed by atoms with Crippen LogP contribution in [-0.4, -0.2) is 29.8 Å². The molecule has 0 amide bonds. The molecule has 0 aromatic carbocycles. The van der Waals surface area contributed by atoms with Crippen LogP contribution in [-0.2, 0) is 4.74 Å². The molecule has 1 fully saturated rings. The molecule has 1 aliphatic heterocycles. The molecule has 1 saturated heterocycles. The Kier molecular flexibility index (Phi) is 3.69. The topological polar surface area (TPSA) is 57.4 Å². The predicted octanol–water partition coefficient (Wildman–Crippen LogP) is 1.13. The summed E-state index contributed by atoms with van der Waals surface area (Å²) >= 11 is 4.91. The summed E-state index contributed by atoms with van der Waals surface area (Å²) in [7, 11) is 0. The highest BCUT2D eigenvalue weighted by atomic mass is 32.1. The molecule has 4 nitrogen and oxygen atoms in total. The summed E-state index contributed by atoms with van der Waals surface area (Å²) in [6.07, 6.45) is 2.70. The van der Waals surface area contributed by atoms with Crippen LogP contribution in [0.15, 0.2) is 18.3 Å². The van der Waals surface area contributed by atoms with Gasteiger partial charge in [-0.3, -0.25) is 0 Å². The summed E-state index contributed by atoms with van der Waals surface area (Å²) in [4.78, 5) is 4.36. The second-order valence-electron chi connectivity index (χ2n) is 3.76. The lowest BCUT2D eigenvalue weighted by Crippen LogP contribution is -2.17. The van der Waals surface area contributed by atoms with Crippen molar-refractivity contribution in [1.82, 2.24) is 4.98 Å². The van der Waals surface area contributed by atoms with Gasteiger partial charge in [0.1, 0.15) is 16.4 Å². The second kappa shape index (κ2) is 5.23. The van der Waals surface area contributed by atoms with E-state index in [9.17, 15) is 0 Å². The third-order valence-electron chi connectivity index (χ3n) is 2.50. The number of thiocarbonyl (C=S) groups is 1. The molecule has 1 aromatic rings. The van der Waals surface area contributed by atoms with Crippen LogP contribution in [0.2, 0.25) is 0 Å². The van der Waals surface area contributed by atoms with E-state index in [1.165, 1.54) is 0 Å². The Morgan fingerprint density at radius 1 is 1.69 bits per heavy atom. The van der Waals surface area contributed by atoms with Gasteiger partial charge in [-0.15, -0.1) is 0 Å². The zero-order valence-electron chi connectivity index (χ0n) is 8.89. The van der Waals surface area contributed by atoms with Crippen molar-refractivity contribution in [1.29, 1.82) is 0 Å². The molecule has 5 heteroatoms. The van der Waals surface area contributed by atoms with Crippen molar-refractivity contribution >= 4 is 17.2 Å². The number of hydrogen-bond donors (Lipinski definition) is 1. The van der Waals surface area contributed by atoms with Gasteiger partial charge in [0.2, 0.25) is 0 Å². The predicted molar refractivity (Wildman–Crippen MR) is 64.5 cm³/mol. The van der Waals surface area contributed by atoms with Crippen molar-refractivity contribution in [2.45, 2.75) is 6.42 Å². The number of rotatable bonds is 4.